The number of nitriles is 1. The van der Waals surface area contributed by atoms with Crippen LogP contribution in [0.1, 0.15) is 24.9 Å². The Bertz CT molecular complexity index is 351. The van der Waals surface area contributed by atoms with Gasteiger partial charge in [0.15, 0.2) is 0 Å². The van der Waals surface area contributed by atoms with Crippen LogP contribution in [0.4, 0.5) is 0 Å². The topological polar surface area (TPSA) is 52.2 Å². The maximum Gasteiger partial charge on any atom is 0.203 e. The standard InChI is InChI=1S/C12H19N3O/c1-4-10(15(2)3)8-14-9-12-6-5-11(7-13)16-12/h5-6,10,14H,4,8-9H2,1-3H3. The van der Waals surface area contributed by atoms with E-state index in [0.717, 1.165) is 18.7 Å². The lowest BCUT2D eigenvalue weighted by atomic mass is 10.2. The number of hydrogen-bond donors (Lipinski definition) is 1. The molecule has 0 amide bonds. The first-order chi connectivity index (χ1) is 7.67. The molecule has 0 radical (unpaired) electrons. The van der Waals surface area contributed by atoms with E-state index in [-0.39, 0.29) is 0 Å². The van der Waals surface area contributed by atoms with Gasteiger partial charge in [-0.2, -0.15) is 5.26 Å². The van der Waals surface area contributed by atoms with Gasteiger partial charge < -0.3 is 14.6 Å². The van der Waals surface area contributed by atoms with Crippen molar-refractivity contribution in [3.8, 4) is 6.07 Å². The van der Waals surface area contributed by atoms with Crippen LogP contribution in [0.2, 0.25) is 0 Å². The van der Waals surface area contributed by atoms with E-state index in [9.17, 15) is 0 Å². The smallest absolute Gasteiger partial charge is 0.203 e. The normalized spacial score (nSPS) is 12.7. The summed E-state index contributed by atoms with van der Waals surface area (Å²) in [4.78, 5) is 2.20. The highest BCUT2D eigenvalue weighted by Crippen LogP contribution is 2.06. The minimum absolute atomic E-state index is 0.372. The highest BCUT2D eigenvalue weighted by molar-refractivity contribution is 5.18. The van der Waals surface area contributed by atoms with Crippen molar-refractivity contribution in [1.29, 1.82) is 5.26 Å². The molecule has 1 aromatic heterocycles. The van der Waals surface area contributed by atoms with Crippen LogP contribution in [0, 0.1) is 11.3 Å². The lowest BCUT2D eigenvalue weighted by Crippen LogP contribution is -2.37. The molecule has 0 saturated heterocycles. The molecule has 0 aliphatic heterocycles. The zero-order valence-electron chi connectivity index (χ0n) is 10.2. The summed E-state index contributed by atoms with van der Waals surface area (Å²) < 4.78 is 5.27. The average molecular weight is 221 g/mol. The zero-order chi connectivity index (χ0) is 12.0. The van der Waals surface area contributed by atoms with Gasteiger partial charge in [-0.15, -0.1) is 0 Å². The summed E-state index contributed by atoms with van der Waals surface area (Å²) in [5.74, 6) is 1.18. The number of furan rings is 1. The molecule has 0 bridgehead atoms. The second-order valence-electron chi connectivity index (χ2n) is 4.03. The zero-order valence-corrected chi connectivity index (χ0v) is 10.2. The maximum absolute atomic E-state index is 8.60. The first-order valence-corrected chi connectivity index (χ1v) is 5.53. The summed E-state index contributed by atoms with van der Waals surface area (Å²) in [5, 5.41) is 11.9. The summed E-state index contributed by atoms with van der Waals surface area (Å²) in [7, 11) is 4.16. The number of nitrogens with one attached hydrogen (secondary N) is 1. The third-order valence-corrected chi connectivity index (χ3v) is 2.65. The maximum atomic E-state index is 8.60. The van der Waals surface area contributed by atoms with E-state index in [0.29, 0.717) is 18.3 Å². The number of nitrogens with zero attached hydrogens (tertiary/aromatic N) is 2. The van der Waals surface area contributed by atoms with Gasteiger partial charge in [-0.25, -0.2) is 0 Å². The first-order valence-electron chi connectivity index (χ1n) is 5.53. The monoisotopic (exact) mass is 221 g/mol. The van der Waals surface area contributed by atoms with Crippen molar-refractivity contribution < 1.29 is 4.42 Å². The van der Waals surface area contributed by atoms with E-state index in [1.54, 1.807) is 6.07 Å². The molecule has 0 aliphatic rings. The summed E-state index contributed by atoms with van der Waals surface area (Å²) in [6.07, 6.45) is 1.11. The Kier molecular flexibility index (Phi) is 5.03. The van der Waals surface area contributed by atoms with Gasteiger partial charge in [0.1, 0.15) is 11.8 Å². The molecule has 4 heteroatoms. The van der Waals surface area contributed by atoms with Crippen LogP contribution < -0.4 is 5.32 Å². The van der Waals surface area contributed by atoms with E-state index < -0.39 is 0 Å². The van der Waals surface area contributed by atoms with Gasteiger partial charge in [0.05, 0.1) is 6.54 Å². The fourth-order valence-corrected chi connectivity index (χ4v) is 1.59. The van der Waals surface area contributed by atoms with E-state index in [4.69, 9.17) is 9.68 Å². The molecule has 1 rings (SSSR count). The fraction of sp³-hybridized carbons (Fsp3) is 0.583. The molecular formula is C12H19N3O. The van der Waals surface area contributed by atoms with Crippen molar-refractivity contribution in [2.45, 2.75) is 25.9 Å². The van der Waals surface area contributed by atoms with Gasteiger partial charge in [-0.1, -0.05) is 6.92 Å². The molecule has 16 heavy (non-hydrogen) atoms. The largest absolute Gasteiger partial charge is 0.449 e. The highest BCUT2D eigenvalue weighted by Gasteiger charge is 2.08. The minimum atomic E-state index is 0.372. The quantitative estimate of drug-likeness (QED) is 0.792. The van der Waals surface area contributed by atoms with Crippen molar-refractivity contribution in [2.75, 3.05) is 20.6 Å². The Labute approximate surface area is 96.8 Å². The van der Waals surface area contributed by atoms with Gasteiger partial charge in [0.2, 0.25) is 5.76 Å². The second-order valence-corrected chi connectivity index (χ2v) is 4.03. The third-order valence-electron chi connectivity index (χ3n) is 2.65. The van der Waals surface area contributed by atoms with Crippen molar-refractivity contribution in [3.05, 3.63) is 23.7 Å². The van der Waals surface area contributed by atoms with Crippen molar-refractivity contribution in [2.24, 2.45) is 0 Å². The predicted molar refractivity (Wildman–Crippen MR) is 62.9 cm³/mol. The molecule has 1 unspecified atom stereocenters. The molecule has 0 aromatic carbocycles. The van der Waals surface area contributed by atoms with Gasteiger partial charge in [-0.05, 0) is 32.6 Å². The molecule has 1 heterocycles. The highest BCUT2D eigenvalue weighted by atomic mass is 16.3. The van der Waals surface area contributed by atoms with Crippen LogP contribution in [-0.4, -0.2) is 31.6 Å². The SMILES string of the molecule is CCC(CNCc1ccc(C#N)o1)N(C)C. The van der Waals surface area contributed by atoms with Gasteiger partial charge in [0, 0.05) is 12.6 Å². The van der Waals surface area contributed by atoms with Crippen molar-refractivity contribution >= 4 is 0 Å². The Morgan fingerprint density at radius 3 is 2.75 bits per heavy atom. The molecule has 0 fully saturated rings. The van der Waals surface area contributed by atoms with Crippen LogP contribution in [-0.2, 0) is 6.54 Å². The molecule has 0 spiro atoms. The van der Waals surface area contributed by atoms with Gasteiger partial charge >= 0.3 is 0 Å². The third kappa shape index (κ3) is 3.69. The van der Waals surface area contributed by atoms with Crippen LogP contribution in [0.25, 0.3) is 0 Å². The summed E-state index contributed by atoms with van der Waals surface area (Å²) in [5.41, 5.74) is 0. The lowest BCUT2D eigenvalue weighted by molar-refractivity contribution is 0.273. The first kappa shape index (κ1) is 12.8. The van der Waals surface area contributed by atoms with E-state index in [2.05, 4.69) is 31.2 Å². The van der Waals surface area contributed by atoms with Crippen LogP contribution in [0.15, 0.2) is 16.5 Å². The fourth-order valence-electron chi connectivity index (χ4n) is 1.59. The van der Waals surface area contributed by atoms with Crippen LogP contribution >= 0.6 is 0 Å². The Hall–Kier alpha value is -1.31. The van der Waals surface area contributed by atoms with E-state index in [1.165, 1.54) is 0 Å². The average Bonchev–Trinajstić information content (AvgIpc) is 2.71. The molecule has 1 atom stereocenters. The van der Waals surface area contributed by atoms with Crippen molar-refractivity contribution in [1.82, 2.24) is 10.2 Å². The molecule has 4 nitrogen and oxygen atoms in total. The molecule has 1 N–H and O–H groups in total. The van der Waals surface area contributed by atoms with E-state index >= 15 is 0 Å². The molecule has 0 aliphatic carbocycles. The second kappa shape index (κ2) is 6.31. The lowest BCUT2D eigenvalue weighted by Gasteiger charge is -2.22. The van der Waals surface area contributed by atoms with E-state index in [1.807, 2.05) is 12.1 Å². The number of rotatable bonds is 6. The van der Waals surface area contributed by atoms with Gasteiger partial charge in [-0.3, -0.25) is 0 Å². The predicted octanol–water partition coefficient (Wildman–Crippen LogP) is 1.58. The summed E-state index contributed by atoms with van der Waals surface area (Å²) in [6.45, 7) is 3.77. The van der Waals surface area contributed by atoms with Gasteiger partial charge in [0.25, 0.3) is 0 Å². The van der Waals surface area contributed by atoms with Crippen LogP contribution in [0.5, 0.6) is 0 Å². The number of likely N-dealkylation sites (N-methyl/N-ethyl adjacent to an activating group) is 1. The van der Waals surface area contributed by atoms with Crippen molar-refractivity contribution in [3.63, 3.8) is 0 Å². The molecule has 0 saturated carbocycles. The molecule has 88 valence electrons. The summed E-state index contributed by atoms with van der Waals surface area (Å²) >= 11 is 0. The Morgan fingerprint density at radius 2 is 2.25 bits per heavy atom. The van der Waals surface area contributed by atoms with Crippen LogP contribution in [0.3, 0.4) is 0 Å². The minimum Gasteiger partial charge on any atom is -0.449 e. The summed E-state index contributed by atoms with van der Waals surface area (Å²) in [6, 6.07) is 6.04. The Balaban J connectivity index is 2.32. The molecule has 1 aromatic rings. The Morgan fingerprint density at radius 1 is 1.50 bits per heavy atom. The number of hydrogen-bond acceptors (Lipinski definition) is 4. The molecular weight excluding hydrogens is 202 g/mol.